The van der Waals surface area contributed by atoms with E-state index in [-0.39, 0.29) is 20.6 Å². The van der Waals surface area contributed by atoms with E-state index in [0.29, 0.717) is 0 Å². The van der Waals surface area contributed by atoms with Gasteiger partial charge >= 0.3 is 0 Å². The Morgan fingerprint density at radius 3 is 2.23 bits per heavy atom. The third kappa shape index (κ3) is 2.02. The van der Waals surface area contributed by atoms with Crippen LogP contribution in [0.2, 0.25) is 15.1 Å². The maximum absolute atomic E-state index is 10.7. The SMILES string of the molecule is O=C(Cl)c1cc(Cl)c(Cl)c(Cl)c1O. The summed E-state index contributed by atoms with van der Waals surface area (Å²) in [6, 6.07) is 1.15. The molecular weight excluding hydrogens is 258 g/mol. The summed E-state index contributed by atoms with van der Waals surface area (Å²) in [5.74, 6) is -0.462. The quantitative estimate of drug-likeness (QED) is 0.616. The molecule has 0 aliphatic rings. The lowest BCUT2D eigenvalue weighted by molar-refractivity contribution is 0.107. The highest BCUT2D eigenvalue weighted by Gasteiger charge is 2.17. The monoisotopic (exact) mass is 258 g/mol. The van der Waals surface area contributed by atoms with E-state index in [1.165, 1.54) is 0 Å². The zero-order valence-corrected chi connectivity index (χ0v) is 8.97. The fourth-order valence-electron chi connectivity index (χ4n) is 0.735. The van der Waals surface area contributed by atoms with E-state index in [9.17, 15) is 9.90 Å². The Bertz CT molecular complexity index is 375. The number of carbonyl (C=O) groups excluding carboxylic acids is 1. The van der Waals surface area contributed by atoms with E-state index >= 15 is 0 Å². The molecule has 0 aliphatic heterocycles. The maximum atomic E-state index is 10.7. The van der Waals surface area contributed by atoms with Crippen LogP contribution < -0.4 is 0 Å². The molecule has 0 spiro atoms. The molecule has 6 heteroatoms. The van der Waals surface area contributed by atoms with Crippen LogP contribution in [0.4, 0.5) is 0 Å². The smallest absolute Gasteiger partial charge is 0.256 e. The molecule has 0 aromatic heterocycles. The van der Waals surface area contributed by atoms with Crippen LogP contribution in [-0.4, -0.2) is 10.3 Å². The van der Waals surface area contributed by atoms with Crippen molar-refractivity contribution in [3.63, 3.8) is 0 Å². The van der Waals surface area contributed by atoms with Crippen molar-refractivity contribution >= 4 is 51.6 Å². The van der Waals surface area contributed by atoms with Gasteiger partial charge in [0.1, 0.15) is 10.8 Å². The first-order valence-corrected chi connectivity index (χ1v) is 4.52. The molecule has 0 fully saturated rings. The minimum Gasteiger partial charge on any atom is -0.506 e. The summed E-state index contributed by atoms with van der Waals surface area (Å²) in [4.78, 5) is 10.7. The molecular formula is C7H2Cl4O2. The summed E-state index contributed by atoms with van der Waals surface area (Å²) in [7, 11) is 0. The predicted octanol–water partition coefficient (Wildman–Crippen LogP) is 3.73. The van der Waals surface area contributed by atoms with Crippen molar-refractivity contribution in [1.82, 2.24) is 0 Å². The average Bonchev–Trinajstić information content (AvgIpc) is 2.07. The van der Waals surface area contributed by atoms with Crippen LogP contribution in [0.3, 0.4) is 0 Å². The van der Waals surface area contributed by atoms with Gasteiger partial charge in [0, 0.05) is 0 Å². The van der Waals surface area contributed by atoms with E-state index in [4.69, 9.17) is 46.4 Å². The summed E-state index contributed by atoms with van der Waals surface area (Å²) in [6.07, 6.45) is 0. The number of hydrogen-bond acceptors (Lipinski definition) is 2. The van der Waals surface area contributed by atoms with Crippen molar-refractivity contribution in [3.8, 4) is 5.75 Å². The van der Waals surface area contributed by atoms with Crippen LogP contribution in [0.1, 0.15) is 10.4 Å². The van der Waals surface area contributed by atoms with E-state index in [0.717, 1.165) is 6.07 Å². The van der Waals surface area contributed by atoms with Gasteiger partial charge in [0.25, 0.3) is 5.24 Å². The van der Waals surface area contributed by atoms with Crippen LogP contribution in [0.15, 0.2) is 6.07 Å². The van der Waals surface area contributed by atoms with Crippen molar-refractivity contribution in [2.75, 3.05) is 0 Å². The topological polar surface area (TPSA) is 37.3 Å². The Balaban J connectivity index is 3.50. The molecule has 0 radical (unpaired) electrons. The zero-order chi connectivity index (χ0) is 10.2. The number of carbonyl (C=O) groups is 1. The molecule has 0 bridgehead atoms. The Kier molecular flexibility index (Phi) is 3.30. The van der Waals surface area contributed by atoms with Gasteiger partial charge in [0.15, 0.2) is 0 Å². The van der Waals surface area contributed by atoms with Gasteiger partial charge in [-0.15, -0.1) is 0 Å². The molecule has 0 unspecified atom stereocenters. The molecule has 0 heterocycles. The number of benzene rings is 1. The second-order valence-electron chi connectivity index (χ2n) is 2.16. The molecule has 0 saturated heterocycles. The first kappa shape index (κ1) is 10.9. The van der Waals surface area contributed by atoms with Crippen molar-refractivity contribution in [2.45, 2.75) is 0 Å². The largest absolute Gasteiger partial charge is 0.506 e. The number of hydrogen-bond donors (Lipinski definition) is 1. The van der Waals surface area contributed by atoms with Gasteiger partial charge in [0.05, 0.1) is 15.6 Å². The van der Waals surface area contributed by atoms with E-state index in [2.05, 4.69) is 0 Å². The third-order valence-corrected chi connectivity index (χ3v) is 2.80. The highest BCUT2D eigenvalue weighted by atomic mass is 35.5. The zero-order valence-electron chi connectivity index (χ0n) is 5.94. The molecule has 0 amide bonds. The van der Waals surface area contributed by atoms with Crippen LogP contribution in [-0.2, 0) is 0 Å². The second kappa shape index (κ2) is 3.93. The Morgan fingerprint density at radius 2 is 1.77 bits per heavy atom. The highest BCUT2D eigenvalue weighted by Crippen LogP contribution is 2.39. The maximum Gasteiger partial charge on any atom is 0.256 e. The summed E-state index contributed by atoms with van der Waals surface area (Å²) in [5, 5.41) is 8.31. The van der Waals surface area contributed by atoms with E-state index < -0.39 is 11.0 Å². The number of aromatic hydroxyl groups is 1. The van der Waals surface area contributed by atoms with Crippen molar-refractivity contribution in [1.29, 1.82) is 0 Å². The van der Waals surface area contributed by atoms with Gasteiger partial charge in [-0.1, -0.05) is 34.8 Å². The minimum atomic E-state index is -0.849. The summed E-state index contributed by atoms with van der Waals surface area (Å²) < 4.78 is 0. The fraction of sp³-hybridized carbons (Fsp3) is 0. The molecule has 13 heavy (non-hydrogen) atoms. The Morgan fingerprint density at radius 1 is 1.23 bits per heavy atom. The normalized spacial score (nSPS) is 10.2. The first-order valence-electron chi connectivity index (χ1n) is 3.01. The van der Waals surface area contributed by atoms with Gasteiger partial charge in [-0.2, -0.15) is 0 Å². The molecule has 0 atom stereocenters. The van der Waals surface area contributed by atoms with Crippen LogP contribution in [0.5, 0.6) is 5.75 Å². The number of phenols is 1. The molecule has 1 N–H and O–H groups in total. The predicted molar refractivity (Wildman–Crippen MR) is 53.3 cm³/mol. The summed E-state index contributed by atoms with van der Waals surface area (Å²) in [6.45, 7) is 0. The fourth-order valence-corrected chi connectivity index (χ4v) is 1.48. The number of rotatable bonds is 1. The summed E-state index contributed by atoms with van der Waals surface area (Å²) >= 11 is 21.9. The standard InChI is InChI=1S/C7H2Cl4O2/c8-3-1-2(7(11)13)6(12)5(10)4(3)9/h1,12H. The van der Waals surface area contributed by atoms with Crippen molar-refractivity contribution in [3.05, 3.63) is 26.7 Å². The van der Waals surface area contributed by atoms with E-state index in [1.807, 2.05) is 0 Å². The molecule has 0 aliphatic carbocycles. The Labute approximate surface area is 94.0 Å². The second-order valence-corrected chi connectivity index (χ2v) is 3.66. The van der Waals surface area contributed by atoms with Gasteiger partial charge in [-0.25, -0.2) is 0 Å². The minimum absolute atomic E-state index is 0.0116. The average molecular weight is 260 g/mol. The van der Waals surface area contributed by atoms with Gasteiger partial charge in [-0.3, -0.25) is 4.79 Å². The van der Waals surface area contributed by atoms with Gasteiger partial charge in [-0.05, 0) is 17.7 Å². The van der Waals surface area contributed by atoms with Crippen molar-refractivity contribution < 1.29 is 9.90 Å². The number of halogens is 4. The van der Waals surface area contributed by atoms with Crippen LogP contribution in [0, 0.1) is 0 Å². The van der Waals surface area contributed by atoms with E-state index in [1.54, 1.807) is 0 Å². The first-order chi connectivity index (χ1) is 5.95. The van der Waals surface area contributed by atoms with Crippen molar-refractivity contribution in [2.24, 2.45) is 0 Å². The highest BCUT2D eigenvalue weighted by molar-refractivity contribution is 6.68. The molecule has 1 rings (SSSR count). The summed E-state index contributed by atoms with van der Waals surface area (Å²) in [5.41, 5.74) is -0.166. The van der Waals surface area contributed by atoms with Crippen LogP contribution in [0.25, 0.3) is 0 Å². The lowest BCUT2D eigenvalue weighted by Crippen LogP contribution is -1.91. The van der Waals surface area contributed by atoms with Crippen LogP contribution >= 0.6 is 46.4 Å². The lowest BCUT2D eigenvalue weighted by Gasteiger charge is -2.05. The molecule has 0 saturated carbocycles. The third-order valence-electron chi connectivity index (χ3n) is 1.35. The lowest BCUT2D eigenvalue weighted by atomic mass is 10.2. The number of phenolic OH excluding ortho intramolecular Hbond substituents is 1. The van der Waals surface area contributed by atoms with Gasteiger partial charge in [0.2, 0.25) is 0 Å². The molecule has 1 aromatic carbocycles. The molecule has 2 nitrogen and oxygen atoms in total. The molecule has 1 aromatic rings. The molecule has 70 valence electrons. The van der Waals surface area contributed by atoms with Gasteiger partial charge < -0.3 is 5.11 Å². The Hall–Kier alpha value is -0.150.